The van der Waals surface area contributed by atoms with Gasteiger partial charge in [-0.3, -0.25) is 14.6 Å². The summed E-state index contributed by atoms with van der Waals surface area (Å²) < 4.78 is 0. The molecular weight excluding hydrogens is 294 g/mol. The van der Waals surface area contributed by atoms with Crippen molar-refractivity contribution in [3.63, 3.8) is 0 Å². The molecule has 0 bridgehead atoms. The number of carbonyl (C=O) groups excluding carboxylic acids is 1. The van der Waals surface area contributed by atoms with E-state index in [9.17, 15) is 4.79 Å². The maximum absolute atomic E-state index is 12.3. The molecule has 3 rings (SSSR count). The lowest BCUT2D eigenvalue weighted by molar-refractivity contribution is -0.133. The molecule has 0 unspecified atom stereocenters. The number of piperidine rings is 1. The van der Waals surface area contributed by atoms with E-state index in [1.165, 1.54) is 24.8 Å². The van der Waals surface area contributed by atoms with Crippen LogP contribution in [-0.2, 0) is 4.79 Å². The van der Waals surface area contributed by atoms with Crippen LogP contribution in [0.4, 0.5) is 0 Å². The van der Waals surface area contributed by atoms with E-state index in [4.69, 9.17) is 0 Å². The maximum atomic E-state index is 12.3. The van der Waals surface area contributed by atoms with Gasteiger partial charge in [0.1, 0.15) is 0 Å². The fourth-order valence-corrected chi connectivity index (χ4v) is 4.21. The number of hydrogen-bond donors (Lipinski definition) is 0. The van der Waals surface area contributed by atoms with Crippen LogP contribution in [0.5, 0.6) is 0 Å². The molecule has 3 heterocycles. The summed E-state index contributed by atoms with van der Waals surface area (Å²) >= 11 is 1.77. The minimum atomic E-state index is 0.332. The monoisotopic (exact) mass is 321 g/mol. The van der Waals surface area contributed by atoms with Crippen LogP contribution in [0.25, 0.3) is 0 Å². The first-order valence-corrected chi connectivity index (χ1v) is 9.44. The number of thiophene rings is 1. The lowest BCUT2D eigenvalue weighted by Gasteiger charge is -2.38. The third kappa shape index (κ3) is 3.89. The molecular formula is C17H27N3OS. The average Bonchev–Trinajstić information content (AvgIpc) is 3.10. The van der Waals surface area contributed by atoms with E-state index in [-0.39, 0.29) is 0 Å². The smallest absolute Gasteiger partial charge is 0.236 e. The van der Waals surface area contributed by atoms with Gasteiger partial charge in [0.15, 0.2) is 0 Å². The van der Waals surface area contributed by atoms with E-state index in [1.807, 2.05) is 0 Å². The SMILES string of the molecule is C[C@@H](c1ccsc1)N1CCN(CC(=O)N2CCCCC2)CC1. The minimum Gasteiger partial charge on any atom is -0.342 e. The van der Waals surface area contributed by atoms with Gasteiger partial charge in [-0.1, -0.05) is 0 Å². The van der Waals surface area contributed by atoms with Gasteiger partial charge in [-0.25, -0.2) is 0 Å². The molecule has 2 aliphatic heterocycles. The topological polar surface area (TPSA) is 26.8 Å². The number of hydrogen-bond acceptors (Lipinski definition) is 4. The van der Waals surface area contributed by atoms with Crippen molar-refractivity contribution in [3.05, 3.63) is 22.4 Å². The molecule has 0 aliphatic carbocycles. The van der Waals surface area contributed by atoms with Gasteiger partial charge < -0.3 is 4.90 Å². The Kier molecular flexibility index (Phi) is 5.50. The second-order valence-corrected chi connectivity index (χ2v) is 7.27. The highest BCUT2D eigenvalue weighted by atomic mass is 32.1. The van der Waals surface area contributed by atoms with Crippen LogP contribution in [-0.4, -0.2) is 66.4 Å². The van der Waals surface area contributed by atoms with Crippen molar-refractivity contribution in [2.45, 2.75) is 32.2 Å². The number of piperazine rings is 1. The highest BCUT2D eigenvalue weighted by Crippen LogP contribution is 2.23. The molecule has 122 valence electrons. The average molecular weight is 321 g/mol. The Morgan fingerprint density at radius 1 is 1.14 bits per heavy atom. The number of nitrogens with zero attached hydrogens (tertiary/aromatic N) is 3. The first-order valence-electron chi connectivity index (χ1n) is 8.50. The standard InChI is InChI=1S/C17H27N3OS/c1-15(16-5-12-22-14-16)19-10-8-18(9-11-19)13-17(21)20-6-3-2-4-7-20/h5,12,14-15H,2-4,6-11,13H2,1H3/t15-/m0/s1. The Hall–Kier alpha value is -0.910. The number of likely N-dealkylation sites (tertiary alicyclic amines) is 1. The van der Waals surface area contributed by atoms with E-state index < -0.39 is 0 Å². The molecule has 0 saturated carbocycles. The Morgan fingerprint density at radius 3 is 2.50 bits per heavy atom. The van der Waals surface area contributed by atoms with Crippen LogP contribution in [0.2, 0.25) is 0 Å². The van der Waals surface area contributed by atoms with Crippen LogP contribution >= 0.6 is 11.3 Å². The summed E-state index contributed by atoms with van der Waals surface area (Å²) in [4.78, 5) is 19.3. The lowest BCUT2D eigenvalue weighted by atomic mass is 10.1. The summed E-state index contributed by atoms with van der Waals surface area (Å²) in [5.41, 5.74) is 1.42. The molecule has 0 aromatic carbocycles. The molecule has 1 amide bonds. The summed E-state index contributed by atoms with van der Waals surface area (Å²) in [6.45, 7) is 8.97. The quantitative estimate of drug-likeness (QED) is 0.852. The first kappa shape index (κ1) is 16.0. The van der Waals surface area contributed by atoms with Crippen molar-refractivity contribution in [3.8, 4) is 0 Å². The second-order valence-electron chi connectivity index (χ2n) is 6.49. The summed E-state index contributed by atoms with van der Waals surface area (Å²) in [6.07, 6.45) is 3.64. The molecule has 0 spiro atoms. The van der Waals surface area contributed by atoms with Gasteiger partial charge in [0.05, 0.1) is 6.54 Å². The van der Waals surface area contributed by atoms with Crippen molar-refractivity contribution >= 4 is 17.2 Å². The van der Waals surface area contributed by atoms with Gasteiger partial charge in [-0.15, -0.1) is 0 Å². The Balaban J connectivity index is 1.44. The van der Waals surface area contributed by atoms with Gasteiger partial charge in [-0.05, 0) is 48.6 Å². The summed E-state index contributed by atoms with van der Waals surface area (Å²) in [6, 6.07) is 2.72. The number of amides is 1. The normalized spacial score (nSPS) is 22.7. The van der Waals surface area contributed by atoms with Crippen LogP contribution in [0.1, 0.15) is 37.8 Å². The summed E-state index contributed by atoms with van der Waals surface area (Å²) in [7, 11) is 0. The largest absolute Gasteiger partial charge is 0.342 e. The van der Waals surface area contributed by atoms with Crippen molar-refractivity contribution < 1.29 is 4.79 Å². The molecule has 2 saturated heterocycles. The molecule has 2 fully saturated rings. The second kappa shape index (κ2) is 7.57. The van der Waals surface area contributed by atoms with Crippen LogP contribution in [0.3, 0.4) is 0 Å². The molecule has 4 nitrogen and oxygen atoms in total. The van der Waals surface area contributed by atoms with Crippen LogP contribution < -0.4 is 0 Å². The predicted molar refractivity (Wildman–Crippen MR) is 91.2 cm³/mol. The highest BCUT2D eigenvalue weighted by molar-refractivity contribution is 7.07. The van der Waals surface area contributed by atoms with E-state index in [2.05, 4.69) is 38.4 Å². The number of rotatable bonds is 4. The number of carbonyl (C=O) groups is 1. The fraction of sp³-hybridized carbons (Fsp3) is 0.706. The van der Waals surface area contributed by atoms with Crippen LogP contribution in [0.15, 0.2) is 16.8 Å². The fourth-order valence-electron chi connectivity index (χ4n) is 3.47. The van der Waals surface area contributed by atoms with E-state index in [0.29, 0.717) is 18.5 Å². The maximum Gasteiger partial charge on any atom is 0.236 e. The van der Waals surface area contributed by atoms with Crippen molar-refractivity contribution in [1.29, 1.82) is 0 Å². The van der Waals surface area contributed by atoms with Crippen molar-refractivity contribution in [1.82, 2.24) is 14.7 Å². The molecule has 22 heavy (non-hydrogen) atoms. The first-order chi connectivity index (χ1) is 10.7. The molecule has 1 aromatic rings. The minimum absolute atomic E-state index is 0.332. The van der Waals surface area contributed by atoms with Crippen molar-refractivity contribution in [2.24, 2.45) is 0 Å². The highest BCUT2D eigenvalue weighted by Gasteiger charge is 2.25. The van der Waals surface area contributed by atoms with E-state index >= 15 is 0 Å². The Morgan fingerprint density at radius 2 is 1.86 bits per heavy atom. The predicted octanol–water partition coefficient (Wildman–Crippen LogP) is 2.44. The molecule has 2 aliphatic rings. The van der Waals surface area contributed by atoms with Gasteiger partial charge in [-0.2, -0.15) is 11.3 Å². The zero-order valence-corrected chi connectivity index (χ0v) is 14.4. The third-order valence-corrected chi connectivity index (χ3v) is 5.75. The van der Waals surface area contributed by atoms with Crippen molar-refractivity contribution in [2.75, 3.05) is 45.8 Å². The third-order valence-electron chi connectivity index (χ3n) is 5.05. The summed E-state index contributed by atoms with van der Waals surface area (Å²) in [5.74, 6) is 0.332. The van der Waals surface area contributed by atoms with E-state index in [1.54, 1.807) is 11.3 Å². The zero-order chi connectivity index (χ0) is 15.4. The van der Waals surface area contributed by atoms with Gasteiger partial charge in [0, 0.05) is 45.3 Å². The molecule has 1 atom stereocenters. The molecule has 0 N–H and O–H groups in total. The summed E-state index contributed by atoms with van der Waals surface area (Å²) in [5, 5.41) is 4.40. The lowest BCUT2D eigenvalue weighted by Crippen LogP contribution is -2.51. The zero-order valence-electron chi connectivity index (χ0n) is 13.5. The van der Waals surface area contributed by atoms with E-state index in [0.717, 1.165) is 39.3 Å². The molecule has 5 heteroatoms. The Labute approximate surface area is 137 Å². The van der Waals surface area contributed by atoms with Gasteiger partial charge in [0.25, 0.3) is 0 Å². The molecule has 0 radical (unpaired) electrons. The van der Waals surface area contributed by atoms with Gasteiger partial charge in [0.2, 0.25) is 5.91 Å². The van der Waals surface area contributed by atoms with Crippen LogP contribution in [0, 0.1) is 0 Å². The molecule has 1 aromatic heterocycles. The Bertz CT molecular complexity index is 462. The van der Waals surface area contributed by atoms with Gasteiger partial charge >= 0.3 is 0 Å².